The van der Waals surface area contributed by atoms with E-state index in [4.69, 9.17) is 9.47 Å². The molecule has 1 saturated heterocycles. The number of ether oxygens (including phenoxy) is 2. The van der Waals surface area contributed by atoms with Gasteiger partial charge in [0, 0.05) is 18.1 Å². The lowest BCUT2D eigenvalue weighted by Gasteiger charge is -2.14. The Bertz CT molecular complexity index is 1210. The summed E-state index contributed by atoms with van der Waals surface area (Å²) in [7, 11) is 3.10. The molecule has 2 aromatic carbocycles. The zero-order valence-electron chi connectivity index (χ0n) is 18.3. The molecule has 1 aliphatic rings. The number of aromatic nitrogens is 1. The Hall–Kier alpha value is -4.14. The number of rotatable bonds is 8. The number of urea groups is 1. The minimum atomic E-state index is -0.906. The van der Waals surface area contributed by atoms with Crippen molar-refractivity contribution in [2.75, 3.05) is 26.1 Å². The number of methoxy groups -OCH3 is 2. The predicted molar refractivity (Wildman–Crippen MR) is 122 cm³/mol. The van der Waals surface area contributed by atoms with E-state index in [0.29, 0.717) is 23.6 Å². The van der Waals surface area contributed by atoms with Crippen molar-refractivity contribution >= 4 is 34.4 Å². The van der Waals surface area contributed by atoms with Crippen molar-refractivity contribution in [3.63, 3.8) is 0 Å². The van der Waals surface area contributed by atoms with E-state index in [2.05, 4.69) is 15.6 Å². The largest absolute Gasteiger partial charge is 0.493 e. The maximum absolute atomic E-state index is 12.8. The van der Waals surface area contributed by atoms with Gasteiger partial charge in [-0.1, -0.05) is 12.1 Å². The number of fused-ring (bicyclic) bond motifs is 1. The fourth-order valence-corrected chi connectivity index (χ4v) is 3.80. The molecule has 2 heterocycles. The van der Waals surface area contributed by atoms with Gasteiger partial charge in [0.05, 0.1) is 31.8 Å². The maximum Gasteiger partial charge on any atom is 0.324 e. The number of anilines is 1. The van der Waals surface area contributed by atoms with E-state index in [0.717, 1.165) is 21.4 Å². The summed E-state index contributed by atoms with van der Waals surface area (Å²) in [6.07, 6.45) is 1.97. The highest BCUT2D eigenvalue weighted by molar-refractivity contribution is 6.08. The van der Waals surface area contributed by atoms with E-state index in [-0.39, 0.29) is 18.9 Å². The zero-order chi connectivity index (χ0) is 23.4. The third kappa shape index (κ3) is 4.72. The average Bonchev–Trinajstić information content (AvgIpc) is 3.09. The van der Waals surface area contributed by atoms with Gasteiger partial charge in [-0.25, -0.2) is 4.79 Å². The minimum absolute atomic E-state index is 0.159. The van der Waals surface area contributed by atoms with Crippen LogP contribution < -0.4 is 20.1 Å². The van der Waals surface area contributed by atoms with Gasteiger partial charge in [-0.3, -0.25) is 19.5 Å². The van der Waals surface area contributed by atoms with Gasteiger partial charge < -0.3 is 20.1 Å². The number of nitrogens with one attached hydrogen (secondary N) is 2. The zero-order valence-corrected chi connectivity index (χ0v) is 18.3. The third-order valence-corrected chi connectivity index (χ3v) is 5.49. The highest BCUT2D eigenvalue weighted by Gasteiger charge is 2.38. The van der Waals surface area contributed by atoms with Crippen LogP contribution in [0.25, 0.3) is 10.9 Å². The Balaban J connectivity index is 1.37. The lowest BCUT2D eigenvalue weighted by atomic mass is 10.1. The van der Waals surface area contributed by atoms with Gasteiger partial charge in [-0.2, -0.15) is 0 Å². The first-order valence-electron chi connectivity index (χ1n) is 10.5. The van der Waals surface area contributed by atoms with Crippen molar-refractivity contribution in [1.82, 2.24) is 15.2 Å². The summed E-state index contributed by atoms with van der Waals surface area (Å²) >= 11 is 0. The molecule has 4 rings (SSSR count). The van der Waals surface area contributed by atoms with Crippen molar-refractivity contribution < 1.29 is 23.9 Å². The Morgan fingerprint density at radius 2 is 1.91 bits per heavy atom. The standard InChI is InChI=1S/C24H24N4O5/c1-32-20-9-8-15(13-21(20)33-2)10-12-28-23(30)19(27-24(28)31)14-22(29)26-18-7-3-6-17-16(18)5-4-11-25-17/h3-9,11,13,19H,10,12,14H2,1-2H3,(H,26,29)(H,27,31). The Labute approximate surface area is 190 Å². The van der Waals surface area contributed by atoms with Crippen LogP contribution in [0.5, 0.6) is 11.5 Å². The van der Waals surface area contributed by atoms with Crippen molar-refractivity contribution in [3.05, 3.63) is 60.3 Å². The Kier molecular flexibility index (Phi) is 6.39. The van der Waals surface area contributed by atoms with Gasteiger partial charge in [-0.15, -0.1) is 0 Å². The van der Waals surface area contributed by atoms with Crippen LogP contribution in [0.15, 0.2) is 54.7 Å². The Morgan fingerprint density at radius 1 is 1.09 bits per heavy atom. The number of hydrogen-bond donors (Lipinski definition) is 2. The van der Waals surface area contributed by atoms with Crippen molar-refractivity contribution in [3.8, 4) is 11.5 Å². The van der Waals surface area contributed by atoms with Crippen LogP contribution in [0.3, 0.4) is 0 Å². The second-order valence-electron chi connectivity index (χ2n) is 7.56. The second-order valence-corrected chi connectivity index (χ2v) is 7.56. The molecule has 1 aliphatic heterocycles. The summed E-state index contributed by atoms with van der Waals surface area (Å²) in [5, 5.41) is 6.22. The first-order chi connectivity index (χ1) is 16.0. The second kappa shape index (κ2) is 9.56. The molecule has 1 unspecified atom stereocenters. The van der Waals surface area contributed by atoms with Gasteiger partial charge in [0.15, 0.2) is 11.5 Å². The number of hydrogen-bond acceptors (Lipinski definition) is 6. The molecule has 2 N–H and O–H groups in total. The average molecular weight is 448 g/mol. The number of imide groups is 1. The van der Waals surface area contributed by atoms with E-state index in [9.17, 15) is 14.4 Å². The molecule has 0 aliphatic carbocycles. The monoisotopic (exact) mass is 448 g/mol. The SMILES string of the molecule is COc1ccc(CCN2C(=O)NC(CC(=O)Nc3cccc4ncccc34)C2=O)cc1OC. The third-order valence-electron chi connectivity index (χ3n) is 5.49. The van der Waals surface area contributed by atoms with E-state index in [1.54, 1.807) is 50.7 Å². The fraction of sp³-hybridized carbons (Fsp3) is 0.250. The fourth-order valence-electron chi connectivity index (χ4n) is 3.80. The Morgan fingerprint density at radius 3 is 2.70 bits per heavy atom. The van der Waals surface area contributed by atoms with Crippen LogP contribution in [0.4, 0.5) is 10.5 Å². The molecular weight excluding hydrogens is 424 g/mol. The van der Waals surface area contributed by atoms with Crippen LogP contribution >= 0.6 is 0 Å². The summed E-state index contributed by atoms with van der Waals surface area (Å²) in [5.74, 6) is 0.386. The number of pyridine rings is 1. The molecule has 3 aromatic rings. The van der Waals surface area contributed by atoms with Gasteiger partial charge in [0.1, 0.15) is 6.04 Å². The van der Waals surface area contributed by atoms with Crippen LogP contribution in [-0.2, 0) is 16.0 Å². The predicted octanol–water partition coefficient (Wildman–Crippen LogP) is 2.74. The molecule has 1 atom stereocenters. The summed E-state index contributed by atoms with van der Waals surface area (Å²) in [4.78, 5) is 43.1. The van der Waals surface area contributed by atoms with E-state index >= 15 is 0 Å². The molecular formula is C24H24N4O5. The van der Waals surface area contributed by atoms with E-state index < -0.39 is 18.0 Å². The quantitative estimate of drug-likeness (QED) is 0.513. The molecule has 0 radical (unpaired) electrons. The normalized spacial score (nSPS) is 15.5. The molecule has 170 valence electrons. The summed E-state index contributed by atoms with van der Waals surface area (Å²) in [6, 6.07) is 13.1. The number of carbonyl (C=O) groups excluding carboxylic acids is 3. The van der Waals surface area contributed by atoms with Gasteiger partial charge >= 0.3 is 6.03 Å². The lowest BCUT2D eigenvalue weighted by molar-refractivity contribution is -0.129. The molecule has 1 aromatic heterocycles. The number of nitrogens with zero attached hydrogens (tertiary/aromatic N) is 2. The molecule has 0 spiro atoms. The summed E-state index contributed by atoms with van der Waals surface area (Å²) < 4.78 is 10.5. The van der Waals surface area contributed by atoms with E-state index in [1.807, 2.05) is 18.2 Å². The molecule has 1 fully saturated rings. The van der Waals surface area contributed by atoms with Crippen LogP contribution in [0.1, 0.15) is 12.0 Å². The topological polar surface area (TPSA) is 110 Å². The maximum atomic E-state index is 12.8. The molecule has 9 nitrogen and oxygen atoms in total. The first-order valence-corrected chi connectivity index (χ1v) is 10.5. The molecule has 33 heavy (non-hydrogen) atoms. The van der Waals surface area contributed by atoms with Crippen LogP contribution in [0, 0.1) is 0 Å². The first kappa shape index (κ1) is 22.1. The van der Waals surface area contributed by atoms with Crippen LogP contribution in [0.2, 0.25) is 0 Å². The summed E-state index contributed by atoms with van der Waals surface area (Å²) in [6.45, 7) is 0.188. The van der Waals surface area contributed by atoms with Crippen LogP contribution in [-0.4, -0.2) is 54.5 Å². The van der Waals surface area contributed by atoms with Gasteiger partial charge in [-0.05, 0) is 48.4 Å². The lowest BCUT2D eigenvalue weighted by Crippen LogP contribution is -2.35. The van der Waals surface area contributed by atoms with Crippen molar-refractivity contribution in [1.29, 1.82) is 0 Å². The highest BCUT2D eigenvalue weighted by Crippen LogP contribution is 2.28. The number of carbonyl (C=O) groups is 3. The molecule has 0 saturated carbocycles. The number of benzene rings is 2. The van der Waals surface area contributed by atoms with Gasteiger partial charge in [0.25, 0.3) is 5.91 Å². The molecule has 4 amide bonds. The molecule has 0 bridgehead atoms. The number of amides is 4. The van der Waals surface area contributed by atoms with Gasteiger partial charge in [0.2, 0.25) is 5.91 Å². The highest BCUT2D eigenvalue weighted by atomic mass is 16.5. The van der Waals surface area contributed by atoms with Crippen molar-refractivity contribution in [2.45, 2.75) is 18.9 Å². The molecule has 9 heteroatoms. The van der Waals surface area contributed by atoms with Crippen molar-refractivity contribution in [2.24, 2.45) is 0 Å². The smallest absolute Gasteiger partial charge is 0.324 e. The summed E-state index contributed by atoms with van der Waals surface area (Å²) in [5.41, 5.74) is 2.24. The minimum Gasteiger partial charge on any atom is -0.493 e. The van der Waals surface area contributed by atoms with E-state index in [1.165, 1.54) is 0 Å².